The number of hydrogen-bond acceptors (Lipinski definition) is 5. The van der Waals surface area contributed by atoms with Crippen molar-refractivity contribution in [1.29, 1.82) is 5.26 Å². The van der Waals surface area contributed by atoms with Crippen LogP contribution in [0.1, 0.15) is 30.5 Å². The van der Waals surface area contributed by atoms with Crippen LogP contribution in [0.2, 0.25) is 0 Å². The summed E-state index contributed by atoms with van der Waals surface area (Å²) in [4.78, 5) is 34.8. The van der Waals surface area contributed by atoms with E-state index in [9.17, 15) is 19.7 Å². The van der Waals surface area contributed by atoms with Crippen molar-refractivity contribution >= 4 is 17.3 Å². The predicted octanol–water partition coefficient (Wildman–Crippen LogP) is 2.39. The number of carbonyl (C=O) groups is 1. The summed E-state index contributed by atoms with van der Waals surface area (Å²) in [6.07, 6.45) is 2.41. The Morgan fingerprint density at radius 1 is 1.31 bits per heavy atom. The highest BCUT2D eigenvalue weighted by atomic mass is 16.6. The largest absolute Gasteiger partial charge is 0.324 e. The number of hydrogen-bond donors (Lipinski definition) is 1. The number of nitrogens with one attached hydrogen (secondary N) is 1. The Morgan fingerprint density at radius 2 is 1.92 bits per heavy atom. The first-order chi connectivity index (χ1) is 12.4. The number of carbonyl (C=O) groups excluding carboxylic acids is 1. The maximum atomic E-state index is 12.4. The Hall–Kier alpha value is -3.47. The van der Waals surface area contributed by atoms with Crippen molar-refractivity contribution in [2.75, 3.05) is 5.32 Å². The Bertz CT molecular complexity index is 934. The first-order valence-electron chi connectivity index (χ1n) is 8.10. The van der Waals surface area contributed by atoms with Crippen LogP contribution < -0.4 is 10.9 Å². The highest BCUT2D eigenvalue weighted by molar-refractivity contribution is 5.92. The lowest BCUT2D eigenvalue weighted by atomic mass is 10.0. The lowest BCUT2D eigenvalue weighted by Gasteiger charge is -2.15. The van der Waals surface area contributed by atoms with E-state index < -0.39 is 28.6 Å². The van der Waals surface area contributed by atoms with Crippen LogP contribution >= 0.6 is 0 Å². The summed E-state index contributed by atoms with van der Waals surface area (Å²) < 4.78 is 0.881. The number of nitrogens with zero attached hydrogens (tertiary/aromatic N) is 3. The van der Waals surface area contributed by atoms with Gasteiger partial charge in [-0.25, -0.2) is 0 Å². The van der Waals surface area contributed by atoms with Crippen LogP contribution in [-0.4, -0.2) is 15.4 Å². The third-order valence-corrected chi connectivity index (χ3v) is 3.98. The van der Waals surface area contributed by atoms with Crippen LogP contribution in [0.25, 0.3) is 0 Å². The second kappa shape index (κ2) is 8.07. The molecule has 0 unspecified atom stereocenters. The Kier molecular flexibility index (Phi) is 5.86. The van der Waals surface area contributed by atoms with Crippen molar-refractivity contribution in [3.05, 3.63) is 67.6 Å². The molecule has 0 aliphatic heterocycles. The Labute approximate surface area is 149 Å². The minimum absolute atomic E-state index is 0.379. The molecule has 2 rings (SSSR count). The zero-order valence-corrected chi connectivity index (χ0v) is 14.5. The molecule has 0 bridgehead atoms. The van der Waals surface area contributed by atoms with Crippen LogP contribution in [0.15, 0.2) is 35.3 Å². The molecule has 2 aromatic rings. The van der Waals surface area contributed by atoms with E-state index in [1.807, 2.05) is 32.0 Å². The number of aryl methyl sites for hydroxylation is 2. The molecule has 26 heavy (non-hydrogen) atoms. The number of para-hydroxylation sites is 1. The van der Waals surface area contributed by atoms with Crippen molar-refractivity contribution < 1.29 is 9.72 Å². The number of rotatable bonds is 6. The van der Waals surface area contributed by atoms with Crippen molar-refractivity contribution in [3.63, 3.8) is 0 Å². The molecule has 0 aliphatic carbocycles. The molecule has 1 N–H and O–H groups in total. The van der Waals surface area contributed by atoms with Gasteiger partial charge in [0.2, 0.25) is 5.91 Å². The SMILES string of the molecule is CCc1cccc(CC)c1NC(=O)Cn1cc([N+](=O)[O-])cc(C#N)c1=O. The number of aromatic nitrogens is 1. The first-order valence-corrected chi connectivity index (χ1v) is 8.10. The molecular weight excluding hydrogens is 336 g/mol. The van der Waals surface area contributed by atoms with E-state index in [2.05, 4.69) is 5.32 Å². The van der Waals surface area contributed by atoms with Crippen molar-refractivity contribution in [1.82, 2.24) is 4.57 Å². The molecule has 0 fully saturated rings. The maximum absolute atomic E-state index is 12.4. The fourth-order valence-electron chi connectivity index (χ4n) is 2.65. The van der Waals surface area contributed by atoms with E-state index >= 15 is 0 Å². The molecule has 0 radical (unpaired) electrons. The third-order valence-electron chi connectivity index (χ3n) is 3.98. The molecule has 1 aromatic carbocycles. The number of nitro groups is 1. The van der Waals surface area contributed by atoms with Gasteiger partial charge in [0.25, 0.3) is 11.2 Å². The van der Waals surface area contributed by atoms with Crippen LogP contribution in [0.4, 0.5) is 11.4 Å². The second-order valence-corrected chi connectivity index (χ2v) is 5.62. The van der Waals surface area contributed by atoms with Crippen LogP contribution in [-0.2, 0) is 24.2 Å². The van der Waals surface area contributed by atoms with Gasteiger partial charge in [0, 0.05) is 11.8 Å². The maximum Gasteiger partial charge on any atom is 0.287 e. The molecule has 8 nitrogen and oxygen atoms in total. The lowest BCUT2D eigenvalue weighted by Crippen LogP contribution is -2.29. The summed E-state index contributed by atoms with van der Waals surface area (Å²) in [6.45, 7) is 3.51. The topological polar surface area (TPSA) is 118 Å². The van der Waals surface area contributed by atoms with Gasteiger partial charge in [-0.1, -0.05) is 32.0 Å². The quantitative estimate of drug-likeness (QED) is 0.631. The zero-order chi connectivity index (χ0) is 19.3. The van der Waals surface area contributed by atoms with Gasteiger partial charge in [-0.05, 0) is 24.0 Å². The Morgan fingerprint density at radius 3 is 2.42 bits per heavy atom. The van der Waals surface area contributed by atoms with E-state index in [4.69, 9.17) is 5.26 Å². The summed E-state index contributed by atoms with van der Waals surface area (Å²) in [6, 6.07) is 8.25. The van der Waals surface area contributed by atoms with Crippen molar-refractivity contribution in [2.24, 2.45) is 0 Å². The monoisotopic (exact) mass is 354 g/mol. The molecule has 0 saturated carbocycles. The molecule has 0 atom stereocenters. The lowest BCUT2D eigenvalue weighted by molar-refractivity contribution is -0.385. The van der Waals surface area contributed by atoms with Gasteiger partial charge in [0.15, 0.2) is 0 Å². The van der Waals surface area contributed by atoms with Crippen molar-refractivity contribution in [2.45, 2.75) is 33.2 Å². The Balaban J connectivity index is 2.35. The average Bonchev–Trinajstić information content (AvgIpc) is 2.63. The number of amides is 1. The van der Waals surface area contributed by atoms with Gasteiger partial charge in [-0.2, -0.15) is 5.26 Å². The average molecular weight is 354 g/mol. The smallest absolute Gasteiger partial charge is 0.287 e. The third kappa shape index (κ3) is 3.95. The normalized spacial score (nSPS) is 10.2. The van der Waals surface area contributed by atoms with E-state index in [0.717, 1.165) is 40.8 Å². The fraction of sp³-hybridized carbons (Fsp3) is 0.278. The number of benzene rings is 1. The molecule has 0 spiro atoms. The summed E-state index contributed by atoms with van der Waals surface area (Å²) >= 11 is 0. The van der Waals surface area contributed by atoms with Gasteiger partial charge in [-0.3, -0.25) is 24.3 Å². The van der Waals surface area contributed by atoms with Crippen molar-refractivity contribution in [3.8, 4) is 6.07 Å². The number of anilines is 1. The minimum Gasteiger partial charge on any atom is -0.324 e. The van der Waals surface area contributed by atoms with E-state index in [0.29, 0.717) is 5.69 Å². The van der Waals surface area contributed by atoms with Gasteiger partial charge in [-0.15, -0.1) is 0 Å². The minimum atomic E-state index is -0.743. The zero-order valence-electron chi connectivity index (χ0n) is 14.5. The van der Waals surface area contributed by atoms with Crippen LogP contribution in [0.3, 0.4) is 0 Å². The molecular formula is C18H18N4O4. The molecule has 1 amide bonds. The first kappa shape index (κ1) is 18.9. The van der Waals surface area contributed by atoms with Gasteiger partial charge in [0.05, 0.1) is 11.1 Å². The van der Waals surface area contributed by atoms with E-state index in [1.165, 1.54) is 0 Å². The van der Waals surface area contributed by atoms with E-state index in [1.54, 1.807) is 6.07 Å². The highest BCUT2D eigenvalue weighted by Crippen LogP contribution is 2.22. The van der Waals surface area contributed by atoms with E-state index in [-0.39, 0.29) is 5.56 Å². The van der Waals surface area contributed by atoms with Crippen LogP contribution in [0.5, 0.6) is 0 Å². The number of pyridine rings is 1. The number of nitriles is 1. The molecule has 1 heterocycles. The highest BCUT2D eigenvalue weighted by Gasteiger charge is 2.16. The van der Waals surface area contributed by atoms with Gasteiger partial charge < -0.3 is 5.32 Å². The summed E-state index contributed by atoms with van der Waals surface area (Å²) in [7, 11) is 0. The second-order valence-electron chi connectivity index (χ2n) is 5.62. The standard InChI is InChI=1S/C18H18N4O4/c1-3-12-6-5-7-13(4-2)17(12)20-16(23)11-21-10-15(22(25)26)8-14(9-19)18(21)24/h5-8,10H,3-4,11H2,1-2H3,(H,20,23). The van der Waals surface area contributed by atoms with Crippen LogP contribution in [0, 0.1) is 21.4 Å². The molecule has 1 aromatic heterocycles. The summed E-state index contributed by atoms with van der Waals surface area (Å²) in [5.41, 5.74) is 1.07. The fourth-order valence-corrected chi connectivity index (χ4v) is 2.65. The summed E-state index contributed by atoms with van der Waals surface area (Å²) in [5, 5.41) is 22.7. The van der Waals surface area contributed by atoms with Gasteiger partial charge in [0.1, 0.15) is 18.2 Å². The predicted molar refractivity (Wildman–Crippen MR) is 95.9 cm³/mol. The summed E-state index contributed by atoms with van der Waals surface area (Å²) in [5.74, 6) is -0.493. The molecule has 0 saturated heterocycles. The molecule has 134 valence electrons. The molecule has 0 aliphatic rings. The molecule has 8 heteroatoms. The van der Waals surface area contributed by atoms with Gasteiger partial charge >= 0.3 is 0 Å².